The molecule has 0 unspecified atom stereocenters. The highest BCUT2D eigenvalue weighted by Crippen LogP contribution is 2.18. The number of hydrogen-bond donors (Lipinski definition) is 1. The highest BCUT2D eigenvalue weighted by molar-refractivity contribution is 7.89. The molecular weight excluding hydrogens is 358 g/mol. The van der Waals surface area contributed by atoms with Crippen molar-refractivity contribution in [1.29, 1.82) is 0 Å². The molecule has 2 aromatic rings. The van der Waals surface area contributed by atoms with Crippen LogP contribution in [0.15, 0.2) is 26.7 Å². The molecule has 0 bridgehead atoms. The maximum absolute atomic E-state index is 13.0. The van der Waals surface area contributed by atoms with Crippen LogP contribution in [0.3, 0.4) is 0 Å². The number of rotatable bonds is 8. The van der Waals surface area contributed by atoms with Crippen molar-refractivity contribution >= 4 is 21.1 Å². The molecule has 1 N–H and O–H groups in total. The van der Waals surface area contributed by atoms with Gasteiger partial charge in [-0.2, -0.15) is 4.31 Å². The molecule has 10 heteroatoms. The second kappa shape index (κ2) is 8.11. The van der Waals surface area contributed by atoms with Crippen molar-refractivity contribution < 1.29 is 8.42 Å². The molecule has 144 valence electrons. The molecule has 0 radical (unpaired) electrons. The van der Waals surface area contributed by atoms with Gasteiger partial charge in [0.1, 0.15) is 10.5 Å². The largest absolute Gasteiger partial charge is 0.329 e. The van der Waals surface area contributed by atoms with Crippen LogP contribution in [-0.2, 0) is 17.1 Å². The van der Waals surface area contributed by atoms with Gasteiger partial charge in [0.05, 0.1) is 5.39 Å². The van der Waals surface area contributed by atoms with Gasteiger partial charge in [-0.3, -0.25) is 14.3 Å². The van der Waals surface area contributed by atoms with E-state index in [0.29, 0.717) is 25.9 Å². The fourth-order valence-corrected chi connectivity index (χ4v) is 4.22. The van der Waals surface area contributed by atoms with Crippen LogP contribution in [0, 0.1) is 0 Å². The quantitative estimate of drug-likeness (QED) is 0.686. The molecule has 0 saturated carbocycles. The third-order valence-electron chi connectivity index (χ3n) is 4.05. The minimum Gasteiger partial charge on any atom is -0.309 e. The van der Waals surface area contributed by atoms with Gasteiger partial charge < -0.3 is 4.90 Å². The zero-order valence-corrected chi connectivity index (χ0v) is 16.3. The molecular formula is C16H25N5O4S. The van der Waals surface area contributed by atoms with Gasteiger partial charge in [-0.05, 0) is 39.5 Å². The number of fused-ring (bicyclic) bond motifs is 1. The molecule has 0 aliphatic carbocycles. The Bertz CT molecular complexity index is 994. The number of nitrogens with zero attached hydrogens (tertiary/aromatic N) is 4. The second-order valence-electron chi connectivity index (χ2n) is 6.42. The number of aromatic amines is 1. The number of pyridine rings is 1. The Morgan fingerprint density at radius 3 is 2.50 bits per heavy atom. The first-order valence-corrected chi connectivity index (χ1v) is 9.86. The van der Waals surface area contributed by atoms with Crippen molar-refractivity contribution in [2.75, 3.05) is 33.7 Å². The number of aromatic nitrogens is 3. The number of sulfonamides is 1. The summed E-state index contributed by atoms with van der Waals surface area (Å²) in [5.41, 5.74) is -1.10. The van der Waals surface area contributed by atoms with Gasteiger partial charge in [-0.1, -0.05) is 6.92 Å². The fraction of sp³-hybridized carbons (Fsp3) is 0.562. The molecule has 2 aromatic heterocycles. The van der Waals surface area contributed by atoms with E-state index in [2.05, 4.69) is 9.97 Å². The van der Waals surface area contributed by atoms with Crippen LogP contribution in [-0.4, -0.2) is 65.9 Å². The molecule has 2 heterocycles. The summed E-state index contributed by atoms with van der Waals surface area (Å²) >= 11 is 0. The second-order valence-corrected chi connectivity index (χ2v) is 8.36. The molecule has 0 aromatic carbocycles. The molecule has 0 aliphatic heterocycles. The fourth-order valence-electron chi connectivity index (χ4n) is 2.67. The van der Waals surface area contributed by atoms with Gasteiger partial charge in [0.2, 0.25) is 10.0 Å². The minimum absolute atomic E-state index is 0.0487. The van der Waals surface area contributed by atoms with E-state index >= 15 is 0 Å². The third kappa shape index (κ3) is 4.19. The summed E-state index contributed by atoms with van der Waals surface area (Å²) < 4.78 is 28.6. The van der Waals surface area contributed by atoms with Crippen LogP contribution < -0.4 is 11.2 Å². The molecule has 0 saturated heterocycles. The summed E-state index contributed by atoms with van der Waals surface area (Å²) in [5, 5.41) is 0.0675. The summed E-state index contributed by atoms with van der Waals surface area (Å²) in [4.78, 5) is 31.8. The van der Waals surface area contributed by atoms with Crippen LogP contribution in [0.1, 0.15) is 19.8 Å². The highest BCUT2D eigenvalue weighted by Gasteiger charge is 2.25. The van der Waals surface area contributed by atoms with E-state index in [1.54, 1.807) is 0 Å². The summed E-state index contributed by atoms with van der Waals surface area (Å²) in [7, 11) is 1.55. The smallest absolute Gasteiger partial charge is 0.309 e. The third-order valence-corrected chi connectivity index (χ3v) is 5.92. The Hall–Kier alpha value is -2.04. The highest BCUT2D eigenvalue weighted by atomic mass is 32.2. The zero-order valence-electron chi connectivity index (χ0n) is 15.5. The Morgan fingerprint density at radius 2 is 1.88 bits per heavy atom. The van der Waals surface area contributed by atoms with Crippen molar-refractivity contribution in [1.82, 2.24) is 23.7 Å². The number of nitrogens with one attached hydrogen (secondary N) is 1. The lowest BCUT2D eigenvalue weighted by Gasteiger charge is -2.22. The average Bonchev–Trinajstić information content (AvgIpc) is 2.58. The van der Waals surface area contributed by atoms with Gasteiger partial charge >= 0.3 is 5.69 Å². The van der Waals surface area contributed by atoms with Gasteiger partial charge in [0, 0.05) is 26.3 Å². The number of aryl methyl sites for hydroxylation is 1. The van der Waals surface area contributed by atoms with Crippen LogP contribution in [0.25, 0.3) is 11.0 Å². The van der Waals surface area contributed by atoms with Gasteiger partial charge in [0.15, 0.2) is 0 Å². The van der Waals surface area contributed by atoms with Gasteiger partial charge in [-0.15, -0.1) is 0 Å². The van der Waals surface area contributed by atoms with Crippen LogP contribution in [0.2, 0.25) is 0 Å². The van der Waals surface area contributed by atoms with Crippen LogP contribution in [0.5, 0.6) is 0 Å². The van der Waals surface area contributed by atoms with Gasteiger partial charge in [0.25, 0.3) is 5.56 Å². The maximum atomic E-state index is 13.0. The topological polar surface area (TPSA) is 108 Å². The molecule has 0 spiro atoms. The Kier molecular flexibility index (Phi) is 6.32. The summed E-state index contributed by atoms with van der Waals surface area (Å²) in [6.07, 6.45) is 2.57. The van der Waals surface area contributed by atoms with Crippen molar-refractivity contribution in [2.45, 2.75) is 24.7 Å². The van der Waals surface area contributed by atoms with Crippen molar-refractivity contribution in [3.63, 3.8) is 0 Å². The summed E-state index contributed by atoms with van der Waals surface area (Å²) in [6.45, 7) is 3.45. The zero-order chi connectivity index (χ0) is 19.5. The van der Waals surface area contributed by atoms with Gasteiger partial charge in [-0.25, -0.2) is 18.2 Å². The first-order valence-electron chi connectivity index (χ1n) is 8.42. The van der Waals surface area contributed by atoms with E-state index in [0.717, 1.165) is 6.54 Å². The molecule has 0 atom stereocenters. The van der Waals surface area contributed by atoms with E-state index in [1.807, 2.05) is 25.9 Å². The van der Waals surface area contributed by atoms with E-state index < -0.39 is 21.3 Å². The Balaban J connectivity index is 2.46. The standard InChI is InChI=1S/C16H25N5O4S/c1-5-7-21(9-6-8-19(2)3)26(24,25)12-10-13-14(17-11-12)20(4)16(23)18-15(13)22/h10-11H,5-9H2,1-4H3,(H,18,22,23). The molecule has 0 aliphatic rings. The maximum Gasteiger partial charge on any atom is 0.329 e. The Morgan fingerprint density at radius 1 is 1.19 bits per heavy atom. The predicted molar refractivity (Wildman–Crippen MR) is 99.8 cm³/mol. The Labute approximate surface area is 152 Å². The number of hydrogen-bond acceptors (Lipinski definition) is 6. The van der Waals surface area contributed by atoms with E-state index in [-0.39, 0.29) is 15.9 Å². The molecule has 26 heavy (non-hydrogen) atoms. The first-order chi connectivity index (χ1) is 12.2. The SMILES string of the molecule is CCCN(CCCN(C)C)S(=O)(=O)c1cnc2c(c1)c(=O)[nH]c(=O)n2C. The van der Waals surface area contributed by atoms with E-state index in [1.165, 1.54) is 28.2 Å². The van der Waals surface area contributed by atoms with Crippen LogP contribution >= 0.6 is 0 Å². The minimum atomic E-state index is -3.78. The molecule has 9 nitrogen and oxygen atoms in total. The number of H-pyrrole nitrogens is 1. The predicted octanol–water partition coefficient (Wildman–Crippen LogP) is -0.0258. The lowest BCUT2D eigenvalue weighted by Crippen LogP contribution is -2.34. The lowest BCUT2D eigenvalue weighted by atomic mass is 10.3. The van der Waals surface area contributed by atoms with Crippen LogP contribution in [0.4, 0.5) is 0 Å². The summed E-state index contributed by atoms with van der Waals surface area (Å²) in [5.74, 6) is 0. The molecule has 0 fully saturated rings. The van der Waals surface area contributed by atoms with E-state index in [4.69, 9.17) is 0 Å². The van der Waals surface area contributed by atoms with Crippen molar-refractivity contribution in [2.24, 2.45) is 7.05 Å². The normalized spacial score (nSPS) is 12.4. The summed E-state index contributed by atoms with van der Waals surface area (Å²) in [6, 6.07) is 1.28. The molecule has 2 rings (SSSR count). The monoisotopic (exact) mass is 383 g/mol. The average molecular weight is 383 g/mol. The van der Waals surface area contributed by atoms with E-state index in [9.17, 15) is 18.0 Å². The van der Waals surface area contributed by atoms with Crippen molar-refractivity contribution in [3.05, 3.63) is 33.1 Å². The first kappa shape index (κ1) is 20.3. The van der Waals surface area contributed by atoms with Crippen molar-refractivity contribution in [3.8, 4) is 0 Å². The molecule has 0 amide bonds. The lowest BCUT2D eigenvalue weighted by molar-refractivity contribution is 0.349.